The second-order valence-corrected chi connectivity index (χ2v) is 3.64. The van der Waals surface area contributed by atoms with Gasteiger partial charge in [-0.05, 0) is 13.3 Å². The number of hydrogen-bond acceptors (Lipinski definition) is 6. The van der Waals surface area contributed by atoms with Crippen molar-refractivity contribution in [2.75, 3.05) is 30.4 Å². The van der Waals surface area contributed by atoms with Crippen molar-refractivity contribution in [2.45, 2.75) is 26.3 Å². The molecule has 0 radical (unpaired) electrons. The van der Waals surface area contributed by atoms with E-state index in [0.29, 0.717) is 5.82 Å². The summed E-state index contributed by atoms with van der Waals surface area (Å²) in [5.41, 5.74) is 0.959. The maximum absolute atomic E-state index is 9.04. The van der Waals surface area contributed by atoms with Crippen LogP contribution in [0.2, 0.25) is 0 Å². The number of aliphatic hydroxyl groups excluding tert-OH is 2. The van der Waals surface area contributed by atoms with Crippen LogP contribution in [-0.2, 0) is 6.42 Å². The predicted molar refractivity (Wildman–Crippen MR) is 67.2 cm³/mol. The third-order valence-electron chi connectivity index (χ3n) is 2.42. The molecule has 1 rings (SSSR count). The molecule has 0 aromatic carbocycles. The smallest absolute Gasteiger partial charge is 0.135 e. The number of aliphatic hydroxyl groups is 2. The summed E-state index contributed by atoms with van der Waals surface area (Å²) in [6, 6.07) is -0.398. The van der Waals surface area contributed by atoms with E-state index in [1.807, 2.05) is 13.8 Å². The van der Waals surface area contributed by atoms with Crippen LogP contribution in [0.25, 0.3) is 0 Å². The van der Waals surface area contributed by atoms with Crippen molar-refractivity contribution in [1.29, 1.82) is 0 Å². The highest BCUT2D eigenvalue weighted by Gasteiger charge is 2.12. The van der Waals surface area contributed by atoms with E-state index in [9.17, 15) is 0 Å². The fraction of sp³-hybridized carbons (Fsp3) is 0.636. The lowest BCUT2D eigenvalue weighted by molar-refractivity contribution is 0.203. The van der Waals surface area contributed by atoms with Gasteiger partial charge in [0.1, 0.15) is 18.0 Å². The Hall–Kier alpha value is -1.40. The molecule has 0 aliphatic heterocycles. The van der Waals surface area contributed by atoms with Gasteiger partial charge in [-0.1, -0.05) is 6.92 Å². The van der Waals surface area contributed by atoms with Crippen molar-refractivity contribution in [3.8, 4) is 0 Å². The fourth-order valence-electron chi connectivity index (χ4n) is 1.53. The van der Waals surface area contributed by atoms with Gasteiger partial charge in [-0.3, -0.25) is 0 Å². The van der Waals surface area contributed by atoms with Crippen LogP contribution >= 0.6 is 0 Å². The van der Waals surface area contributed by atoms with Crippen LogP contribution in [0.1, 0.15) is 19.4 Å². The topological polar surface area (TPSA) is 90.3 Å². The van der Waals surface area contributed by atoms with E-state index in [-0.39, 0.29) is 13.2 Å². The molecular weight excluding hydrogens is 220 g/mol. The predicted octanol–water partition coefficient (Wildman–Crippen LogP) is 0.236. The average molecular weight is 240 g/mol. The highest BCUT2D eigenvalue weighted by atomic mass is 16.3. The van der Waals surface area contributed by atoms with E-state index in [2.05, 4.69) is 20.6 Å². The summed E-state index contributed by atoms with van der Waals surface area (Å²) in [5.74, 6) is 1.45. The van der Waals surface area contributed by atoms with Crippen LogP contribution < -0.4 is 10.6 Å². The van der Waals surface area contributed by atoms with E-state index >= 15 is 0 Å². The fourth-order valence-corrected chi connectivity index (χ4v) is 1.53. The lowest BCUT2D eigenvalue weighted by Crippen LogP contribution is -2.29. The van der Waals surface area contributed by atoms with Gasteiger partial charge in [0.15, 0.2) is 0 Å². The second-order valence-electron chi connectivity index (χ2n) is 3.64. The maximum atomic E-state index is 9.04. The van der Waals surface area contributed by atoms with Crippen LogP contribution in [-0.4, -0.2) is 46.0 Å². The number of rotatable bonds is 7. The molecule has 0 saturated heterocycles. The summed E-state index contributed by atoms with van der Waals surface area (Å²) in [4.78, 5) is 8.32. The lowest BCUT2D eigenvalue weighted by atomic mass is 10.2. The molecule has 0 unspecified atom stereocenters. The maximum Gasteiger partial charge on any atom is 0.135 e. The minimum absolute atomic E-state index is 0.139. The Labute approximate surface area is 101 Å². The zero-order valence-electron chi connectivity index (χ0n) is 10.3. The molecule has 6 heteroatoms. The first kappa shape index (κ1) is 13.7. The molecule has 6 nitrogen and oxygen atoms in total. The van der Waals surface area contributed by atoms with E-state index < -0.39 is 6.04 Å². The van der Waals surface area contributed by atoms with Crippen molar-refractivity contribution in [2.24, 2.45) is 0 Å². The third-order valence-corrected chi connectivity index (χ3v) is 2.42. The molecule has 96 valence electrons. The minimum atomic E-state index is -0.398. The molecular formula is C11H20N4O2. The summed E-state index contributed by atoms with van der Waals surface area (Å²) in [6.07, 6.45) is 2.24. The van der Waals surface area contributed by atoms with Gasteiger partial charge in [0.05, 0.1) is 19.3 Å². The molecule has 0 aliphatic carbocycles. The van der Waals surface area contributed by atoms with Crippen LogP contribution in [0, 0.1) is 0 Å². The highest BCUT2D eigenvalue weighted by molar-refractivity contribution is 5.57. The van der Waals surface area contributed by atoms with Gasteiger partial charge in [0.25, 0.3) is 0 Å². The number of nitrogens with one attached hydrogen (secondary N) is 2. The lowest BCUT2D eigenvalue weighted by Gasteiger charge is -2.18. The van der Waals surface area contributed by atoms with Crippen molar-refractivity contribution in [3.63, 3.8) is 0 Å². The molecule has 0 bridgehead atoms. The zero-order chi connectivity index (χ0) is 12.7. The summed E-state index contributed by atoms with van der Waals surface area (Å²) in [6.45, 7) is 4.52. The largest absolute Gasteiger partial charge is 0.394 e. The first-order valence-electron chi connectivity index (χ1n) is 5.82. The van der Waals surface area contributed by atoms with Gasteiger partial charge in [0.2, 0.25) is 0 Å². The summed E-state index contributed by atoms with van der Waals surface area (Å²) in [7, 11) is 0. The van der Waals surface area contributed by atoms with Gasteiger partial charge in [-0.25, -0.2) is 9.97 Å². The Bertz CT molecular complexity index is 342. The molecule has 0 atom stereocenters. The van der Waals surface area contributed by atoms with Gasteiger partial charge in [-0.15, -0.1) is 0 Å². The average Bonchev–Trinajstić information content (AvgIpc) is 2.36. The standard InChI is InChI=1S/C11H20N4O2/c1-3-9-10(12-4-2)13-7-14-11(9)15-8(5-16)6-17/h7-8,16-17H,3-6H2,1-2H3,(H2,12,13,14,15). The summed E-state index contributed by atoms with van der Waals surface area (Å²) in [5, 5.41) is 24.3. The van der Waals surface area contributed by atoms with E-state index in [4.69, 9.17) is 10.2 Å². The van der Waals surface area contributed by atoms with Crippen LogP contribution in [0.15, 0.2) is 6.33 Å². The minimum Gasteiger partial charge on any atom is -0.394 e. The number of anilines is 2. The molecule has 0 aliphatic rings. The summed E-state index contributed by atoms with van der Waals surface area (Å²) < 4.78 is 0. The Kier molecular flexibility index (Phi) is 5.65. The highest BCUT2D eigenvalue weighted by Crippen LogP contribution is 2.20. The quantitative estimate of drug-likeness (QED) is 0.546. The number of nitrogens with zero attached hydrogens (tertiary/aromatic N) is 2. The molecule has 17 heavy (non-hydrogen) atoms. The van der Waals surface area contributed by atoms with Crippen molar-refractivity contribution >= 4 is 11.6 Å². The van der Waals surface area contributed by atoms with Crippen LogP contribution in [0.3, 0.4) is 0 Å². The van der Waals surface area contributed by atoms with Gasteiger partial charge in [-0.2, -0.15) is 0 Å². The zero-order valence-corrected chi connectivity index (χ0v) is 10.3. The third kappa shape index (κ3) is 3.54. The Morgan fingerprint density at radius 1 is 1.18 bits per heavy atom. The van der Waals surface area contributed by atoms with Crippen molar-refractivity contribution < 1.29 is 10.2 Å². The van der Waals surface area contributed by atoms with Crippen LogP contribution in [0.5, 0.6) is 0 Å². The normalized spacial score (nSPS) is 10.6. The second kappa shape index (κ2) is 7.03. The molecule has 0 fully saturated rings. The molecule has 1 heterocycles. The molecule has 4 N–H and O–H groups in total. The van der Waals surface area contributed by atoms with Crippen LogP contribution in [0.4, 0.5) is 11.6 Å². The van der Waals surface area contributed by atoms with E-state index in [1.165, 1.54) is 6.33 Å². The Morgan fingerprint density at radius 2 is 1.82 bits per heavy atom. The van der Waals surface area contributed by atoms with Crippen molar-refractivity contribution in [3.05, 3.63) is 11.9 Å². The first-order chi connectivity index (χ1) is 8.26. The molecule has 0 spiro atoms. The van der Waals surface area contributed by atoms with Crippen molar-refractivity contribution in [1.82, 2.24) is 9.97 Å². The van der Waals surface area contributed by atoms with Gasteiger partial charge >= 0.3 is 0 Å². The molecule has 1 aromatic heterocycles. The first-order valence-corrected chi connectivity index (χ1v) is 5.82. The number of aromatic nitrogens is 2. The molecule has 0 saturated carbocycles. The van der Waals surface area contributed by atoms with E-state index in [0.717, 1.165) is 24.3 Å². The van der Waals surface area contributed by atoms with E-state index in [1.54, 1.807) is 0 Å². The monoisotopic (exact) mass is 240 g/mol. The molecule has 0 amide bonds. The number of hydrogen-bond donors (Lipinski definition) is 4. The SMILES string of the molecule is CCNc1ncnc(NC(CO)CO)c1CC. The Balaban J connectivity index is 2.93. The van der Waals surface area contributed by atoms with Gasteiger partial charge < -0.3 is 20.8 Å². The Morgan fingerprint density at radius 3 is 2.35 bits per heavy atom. The molecule has 1 aromatic rings. The van der Waals surface area contributed by atoms with Gasteiger partial charge in [0, 0.05) is 12.1 Å². The summed E-state index contributed by atoms with van der Waals surface area (Å²) >= 11 is 0.